The average molecular weight is 252 g/mol. The van der Waals surface area contributed by atoms with Crippen molar-refractivity contribution in [2.45, 2.75) is 39.5 Å². The van der Waals surface area contributed by atoms with E-state index in [4.69, 9.17) is 4.42 Å². The lowest BCUT2D eigenvalue weighted by molar-refractivity contribution is 0.594. The molecule has 98 valence electrons. The van der Waals surface area contributed by atoms with Crippen LogP contribution in [0.3, 0.4) is 0 Å². The van der Waals surface area contributed by atoms with Crippen molar-refractivity contribution in [3.05, 3.63) is 47.5 Å². The molecule has 3 aromatic rings. The summed E-state index contributed by atoms with van der Waals surface area (Å²) >= 11 is 0. The Bertz CT molecular complexity index is 741. The minimum atomic E-state index is 0.122. The lowest BCUT2D eigenvalue weighted by atomic mass is 9.83. The van der Waals surface area contributed by atoms with E-state index in [1.54, 1.807) is 0 Å². The predicted molar refractivity (Wildman–Crippen MR) is 81.8 cm³/mol. The lowest BCUT2D eigenvalue weighted by Crippen LogP contribution is -2.11. The van der Waals surface area contributed by atoms with Gasteiger partial charge < -0.3 is 4.42 Å². The maximum absolute atomic E-state index is 6.11. The van der Waals surface area contributed by atoms with Crippen LogP contribution in [0, 0.1) is 0 Å². The first-order valence-electron chi connectivity index (χ1n) is 6.96. The van der Waals surface area contributed by atoms with Crippen LogP contribution in [0.15, 0.2) is 40.8 Å². The molecule has 0 atom stereocenters. The third-order valence-corrected chi connectivity index (χ3v) is 3.80. The number of furan rings is 1. The number of benzene rings is 2. The molecule has 19 heavy (non-hydrogen) atoms. The second-order valence-corrected chi connectivity index (χ2v) is 6.18. The van der Waals surface area contributed by atoms with Gasteiger partial charge in [0.25, 0.3) is 0 Å². The largest absolute Gasteiger partial charge is 0.456 e. The highest BCUT2D eigenvalue weighted by Gasteiger charge is 2.21. The van der Waals surface area contributed by atoms with Gasteiger partial charge in [0, 0.05) is 10.8 Å². The summed E-state index contributed by atoms with van der Waals surface area (Å²) in [5, 5.41) is 2.53. The highest BCUT2D eigenvalue weighted by molar-refractivity contribution is 6.08. The molecular weight excluding hydrogens is 232 g/mol. The molecule has 0 amide bonds. The van der Waals surface area contributed by atoms with Crippen LogP contribution < -0.4 is 0 Å². The van der Waals surface area contributed by atoms with Gasteiger partial charge in [-0.3, -0.25) is 0 Å². The molecule has 0 saturated carbocycles. The van der Waals surface area contributed by atoms with Crippen molar-refractivity contribution in [1.82, 2.24) is 0 Å². The second-order valence-electron chi connectivity index (χ2n) is 6.18. The van der Waals surface area contributed by atoms with Crippen molar-refractivity contribution in [3.63, 3.8) is 0 Å². The maximum Gasteiger partial charge on any atom is 0.138 e. The minimum absolute atomic E-state index is 0.122. The summed E-state index contributed by atoms with van der Waals surface area (Å²) in [7, 11) is 0. The summed E-state index contributed by atoms with van der Waals surface area (Å²) in [4.78, 5) is 0. The molecule has 0 spiro atoms. The van der Waals surface area contributed by atoms with Gasteiger partial charge in [-0.2, -0.15) is 0 Å². The van der Waals surface area contributed by atoms with E-state index in [2.05, 4.69) is 58.0 Å². The van der Waals surface area contributed by atoms with Crippen LogP contribution in [0.4, 0.5) is 0 Å². The van der Waals surface area contributed by atoms with Crippen molar-refractivity contribution in [2.24, 2.45) is 0 Å². The average Bonchev–Trinajstić information content (AvgIpc) is 2.75. The Morgan fingerprint density at radius 1 is 1.00 bits per heavy atom. The van der Waals surface area contributed by atoms with Crippen molar-refractivity contribution < 1.29 is 4.42 Å². The Balaban J connectivity index is 2.53. The van der Waals surface area contributed by atoms with Crippen LogP contribution in [-0.4, -0.2) is 0 Å². The maximum atomic E-state index is 6.11. The fraction of sp³-hybridized carbons (Fsp3) is 0.333. The summed E-state index contributed by atoms with van der Waals surface area (Å²) in [6, 6.07) is 12.8. The molecule has 0 N–H and O–H groups in total. The van der Waals surface area contributed by atoms with E-state index >= 15 is 0 Å². The summed E-state index contributed by atoms with van der Waals surface area (Å²) in [5.74, 6) is 0. The van der Waals surface area contributed by atoms with Gasteiger partial charge in [-0.15, -0.1) is 0 Å². The van der Waals surface area contributed by atoms with E-state index in [0.29, 0.717) is 0 Å². The summed E-state index contributed by atoms with van der Waals surface area (Å²) in [6.45, 7) is 8.96. The fourth-order valence-corrected chi connectivity index (χ4v) is 2.79. The summed E-state index contributed by atoms with van der Waals surface area (Å²) in [6.07, 6.45) is 1.00. The highest BCUT2D eigenvalue weighted by atomic mass is 16.3. The molecule has 1 aromatic heterocycles. The molecule has 1 heterocycles. The van der Waals surface area contributed by atoms with E-state index in [1.165, 1.54) is 21.9 Å². The highest BCUT2D eigenvalue weighted by Crippen LogP contribution is 2.38. The first kappa shape index (κ1) is 12.3. The first-order chi connectivity index (χ1) is 9.02. The zero-order valence-corrected chi connectivity index (χ0v) is 12.1. The third-order valence-electron chi connectivity index (χ3n) is 3.80. The van der Waals surface area contributed by atoms with Gasteiger partial charge in [-0.05, 0) is 29.0 Å². The SMILES string of the molecule is CCc1ccc(C(C)(C)C)c2c1oc1ccccc12. The molecule has 2 aromatic carbocycles. The van der Waals surface area contributed by atoms with Gasteiger partial charge in [0.05, 0.1) is 0 Å². The number of aryl methyl sites for hydroxylation is 1. The fourth-order valence-electron chi connectivity index (χ4n) is 2.79. The van der Waals surface area contributed by atoms with Crippen molar-refractivity contribution >= 4 is 21.9 Å². The van der Waals surface area contributed by atoms with Crippen molar-refractivity contribution in [1.29, 1.82) is 0 Å². The molecule has 0 unspecified atom stereocenters. The molecular formula is C18H20O. The standard InChI is InChI=1S/C18H20O/c1-5-12-10-11-14(18(2,3)4)16-13-8-6-7-9-15(13)19-17(12)16/h6-11H,5H2,1-4H3. The Hall–Kier alpha value is -1.76. The Kier molecular flexibility index (Phi) is 2.67. The quantitative estimate of drug-likeness (QED) is 0.561. The Morgan fingerprint density at radius 3 is 2.42 bits per heavy atom. The molecule has 0 saturated heterocycles. The molecule has 0 radical (unpaired) electrons. The Labute approximate surface area is 114 Å². The molecule has 1 nitrogen and oxygen atoms in total. The number of para-hydroxylation sites is 1. The van der Waals surface area contributed by atoms with E-state index < -0.39 is 0 Å². The van der Waals surface area contributed by atoms with Crippen LogP contribution in [-0.2, 0) is 11.8 Å². The molecule has 0 aliphatic carbocycles. The second kappa shape index (κ2) is 4.12. The van der Waals surface area contributed by atoms with Gasteiger partial charge in [0.15, 0.2) is 0 Å². The lowest BCUT2D eigenvalue weighted by Gasteiger charge is -2.20. The zero-order valence-electron chi connectivity index (χ0n) is 12.1. The van der Waals surface area contributed by atoms with Gasteiger partial charge in [-0.1, -0.05) is 58.0 Å². The van der Waals surface area contributed by atoms with Crippen LogP contribution in [0.25, 0.3) is 21.9 Å². The van der Waals surface area contributed by atoms with Gasteiger partial charge >= 0.3 is 0 Å². The van der Waals surface area contributed by atoms with Crippen LogP contribution in [0.5, 0.6) is 0 Å². The molecule has 1 heteroatoms. The first-order valence-corrected chi connectivity index (χ1v) is 6.96. The topological polar surface area (TPSA) is 13.1 Å². The summed E-state index contributed by atoms with van der Waals surface area (Å²) < 4.78 is 6.11. The Morgan fingerprint density at radius 2 is 1.74 bits per heavy atom. The number of fused-ring (bicyclic) bond motifs is 3. The van der Waals surface area contributed by atoms with E-state index in [-0.39, 0.29) is 5.41 Å². The number of hydrogen-bond acceptors (Lipinski definition) is 1. The van der Waals surface area contributed by atoms with E-state index in [9.17, 15) is 0 Å². The van der Waals surface area contributed by atoms with Crippen LogP contribution in [0.2, 0.25) is 0 Å². The monoisotopic (exact) mass is 252 g/mol. The van der Waals surface area contributed by atoms with Gasteiger partial charge in [0.1, 0.15) is 11.2 Å². The molecule has 0 aliphatic heterocycles. The van der Waals surface area contributed by atoms with Crippen LogP contribution in [0.1, 0.15) is 38.8 Å². The minimum Gasteiger partial charge on any atom is -0.456 e. The van der Waals surface area contributed by atoms with Crippen molar-refractivity contribution in [2.75, 3.05) is 0 Å². The van der Waals surface area contributed by atoms with Gasteiger partial charge in [-0.25, -0.2) is 0 Å². The third kappa shape index (κ3) is 1.85. The summed E-state index contributed by atoms with van der Waals surface area (Å²) in [5.41, 5.74) is 4.83. The smallest absolute Gasteiger partial charge is 0.138 e. The molecule has 0 fully saturated rings. The van der Waals surface area contributed by atoms with E-state index in [0.717, 1.165) is 17.6 Å². The van der Waals surface area contributed by atoms with Gasteiger partial charge in [0.2, 0.25) is 0 Å². The molecule has 0 bridgehead atoms. The molecule has 0 aliphatic rings. The predicted octanol–water partition coefficient (Wildman–Crippen LogP) is 5.45. The zero-order chi connectivity index (χ0) is 13.6. The number of rotatable bonds is 1. The molecule has 3 rings (SSSR count). The van der Waals surface area contributed by atoms with E-state index in [1.807, 2.05) is 6.07 Å². The normalized spacial score (nSPS) is 12.4. The number of hydrogen-bond donors (Lipinski definition) is 0. The van der Waals surface area contributed by atoms with Crippen LogP contribution >= 0.6 is 0 Å². The van der Waals surface area contributed by atoms with Crippen molar-refractivity contribution in [3.8, 4) is 0 Å².